The topological polar surface area (TPSA) is 66.9 Å². The summed E-state index contributed by atoms with van der Waals surface area (Å²) in [5, 5.41) is 15.8. The number of aryl methyl sites for hydroxylation is 2. The molecule has 1 amide bonds. The Balaban J connectivity index is 1.55. The number of carbonyl (C=O) groups excluding carboxylic acids is 1. The Morgan fingerprint density at radius 2 is 1.96 bits per heavy atom. The predicted molar refractivity (Wildman–Crippen MR) is 115 cm³/mol. The fourth-order valence-corrected chi connectivity index (χ4v) is 4.06. The monoisotopic (exact) mass is 418 g/mol. The third kappa shape index (κ3) is 5.22. The Hall–Kier alpha value is -2.09. The van der Waals surface area contributed by atoms with Crippen LogP contribution in [0.15, 0.2) is 40.7 Å². The number of anilines is 3. The minimum Gasteiger partial charge on any atom is -0.330 e. The lowest BCUT2D eigenvalue weighted by molar-refractivity contribution is -0.113. The van der Waals surface area contributed by atoms with Gasteiger partial charge >= 0.3 is 0 Å². The van der Waals surface area contributed by atoms with E-state index >= 15 is 0 Å². The van der Waals surface area contributed by atoms with Crippen LogP contribution < -0.4 is 10.6 Å². The van der Waals surface area contributed by atoms with Crippen LogP contribution in [0.3, 0.4) is 0 Å². The van der Waals surface area contributed by atoms with Crippen molar-refractivity contribution >= 4 is 57.1 Å². The maximum atomic E-state index is 12.1. The number of amides is 1. The number of hydrogen-bond donors (Lipinski definition) is 2. The number of hydrogen-bond acceptors (Lipinski definition) is 6. The van der Waals surface area contributed by atoms with Gasteiger partial charge in [-0.3, -0.25) is 4.79 Å². The molecule has 3 aromatic rings. The molecule has 0 bridgehead atoms. The molecule has 8 heteroatoms. The molecule has 0 radical (unpaired) electrons. The van der Waals surface area contributed by atoms with Crippen LogP contribution in [0, 0.1) is 20.8 Å². The van der Waals surface area contributed by atoms with Gasteiger partial charge in [-0.15, -0.1) is 10.2 Å². The van der Waals surface area contributed by atoms with Gasteiger partial charge in [0.05, 0.1) is 5.75 Å². The zero-order valence-corrected chi connectivity index (χ0v) is 17.6. The molecule has 0 fully saturated rings. The van der Waals surface area contributed by atoms with Crippen LogP contribution in [0.2, 0.25) is 5.02 Å². The normalized spacial score (nSPS) is 10.7. The van der Waals surface area contributed by atoms with Crippen molar-refractivity contribution in [1.29, 1.82) is 0 Å². The van der Waals surface area contributed by atoms with E-state index in [0.717, 1.165) is 15.6 Å². The van der Waals surface area contributed by atoms with Gasteiger partial charge in [0.1, 0.15) is 0 Å². The fraction of sp³-hybridized carbons (Fsp3) is 0.211. The van der Waals surface area contributed by atoms with E-state index in [0.29, 0.717) is 15.8 Å². The van der Waals surface area contributed by atoms with Gasteiger partial charge in [0, 0.05) is 16.4 Å². The number of carbonyl (C=O) groups is 1. The molecule has 1 heterocycles. The second kappa shape index (κ2) is 8.73. The lowest BCUT2D eigenvalue weighted by atomic mass is 10.1. The van der Waals surface area contributed by atoms with Crippen molar-refractivity contribution in [1.82, 2.24) is 10.2 Å². The Kier molecular flexibility index (Phi) is 6.36. The first kappa shape index (κ1) is 19.7. The van der Waals surface area contributed by atoms with E-state index in [4.69, 9.17) is 11.6 Å². The van der Waals surface area contributed by atoms with Crippen molar-refractivity contribution in [3.05, 3.63) is 58.1 Å². The largest absolute Gasteiger partial charge is 0.330 e. The highest BCUT2D eigenvalue weighted by Crippen LogP contribution is 2.29. The van der Waals surface area contributed by atoms with Gasteiger partial charge in [0.25, 0.3) is 0 Å². The summed E-state index contributed by atoms with van der Waals surface area (Å²) in [6, 6.07) is 11.5. The number of aromatic nitrogens is 2. The maximum absolute atomic E-state index is 12.1. The number of thioether (sulfide) groups is 1. The highest BCUT2D eigenvalue weighted by atomic mass is 35.5. The Bertz CT molecular complexity index is 974. The summed E-state index contributed by atoms with van der Waals surface area (Å²) in [4.78, 5) is 12.1. The van der Waals surface area contributed by atoms with Crippen molar-refractivity contribution < 1.29 is 4.79 Å². The zero-order chi connectivity index (χ0) is 19.4. The minimum atomic E-state index is -0.112. The van der Waals surface area contributed by atoms with E-state index in [1.54, 1.807) is 6.07 Å². The molecule has 0 saturated heterocycles. The van der Waals surface area contributed by atoms with Crippen LogP contribution in [0.25, 0.3) is 0 Å². The molecule has 0 spiro atoms. The standard InChI is InChI=1S/C19H19ClN4OS2/c1-11-5-4-6-16(13(11)3)22-18-23-24-19(27-18)26-10-17(25)21-14-8-7-12(2)15(20)9-14/h4-9H,10H2,1-3H3,(H,21,25)(H,22,23). The summed E-state index contributed by atoms with van der Waals surface area (Å²) in [7, 11) is 0. The third-order valence-electron chi connectivity index (χ3n) is 4.04. The molecule has 0 atom stereocenters. The molecule has 1 aromatic heterocycles. The summed E-state index contributed by atoms with van der Waals surface area (Å²) in [6.07, 6.45) is 0. The van der Waals surface area contributed by atoms with Crippen molar-refractivity contribution in [3.8, 4) is 0 Å². The summed E-state index contributed by atoms with van der Waals surface area (Å²) >= 11 is 8.86. The van der Waals surface area contributed by atoms with Gasteiger partial charge in [-0.1, -0.05) is 52.9 Å². The average Bonchev–Trinajstić information content (AvgIpc) is 3.08. The molecule has 0 aliphatic heterocycles. The van der Waals surface area contributed by atoms with Gasteiger partial charge in [0.2, 0.25) is 11.0 Å². The van der Waals surface area contributed by atoms with Crippen molar-refractivity contribution in [3.63, 3.8) is 0 Å². The summed E-state index contributed by atoms with van der Waals surface area (Å²) in [5.41, 5.74) is 5.06. The first-order chi connectivity index (χ1) is 12.9. The first-order valence-electron chi connectivity index (χ1n) is 8.28. The van der Waals surface area contributed by atoms with Crippen LogP contribution in [0.1, 0.15) is 16.7 Å². The molecule has 140 valence electrons. The SMILES string of the molecule is Cc1ccc(NC(=O)CSc2nnc(Nc3cccc(C)c3C)s2)cc1Cl. The van der Waals surface area contributed by atoms with E-state index < -0.39 is 0 Å². The Morgan fingerprint density at radius 1 is 1.15 bits per heavy atom. The van der Waals surface area contributed by atoms with Gasteiger partial charge in [-0.25, -0.2) is 0 Å². The Morgan fingerprint density at radius 3 is 2.74 bits per heavy atom. The van der Waals surface area contributed by atoms with E-state index in [1.807, 2.05) is 31.2 Å². The van der Waals surface area contributed by atoms with Crippen molar-refractivity contribution in [2.24, 2.45) is 0 Å². The molecule has 0 unspecified atom stereocenters. The second-order valence-corrected chi connectivity index (χ2v) is 8.65. The summed E-state index contributed by atoms with van der Waals surface area (Å²) < 4.78 is 0.736. The average molecular weight is 419 g/mol. The smallest absolute Gasteiger partial charge is 0.234 e. The van der Waals surface area contributed by atoms with E-state index in [1.165, 1.54) is 34.2 Å². The molecular formula is C19H19ClN4OS2. The lowest BCUT2D eigenvalue weighted by Gasteiger charge is -2.08. The molecule has 2 N–H and O–H groups in total. The molecule has 27 heavy (non-hydrogen) atoms. The van der Waals surface area contributed by atoms with Gasteiger partial charge < -0.3 is 10.6 Å². The number of benzene rings is 2. The molecule has 5 nitrogen and oxygen atoms in total. The van der Waals surface area contributed by atoms with Gasteiger partial charge in [0.15, 0.2) is 4.34 Å². The van der Waals surface area contributed by atoms with Gasteiger partial charge in [-0.2, -0.15) is 0 Å². The van der Waals surface area contributed by atoms with Crippen LogP contribution in [-0.4, -0.2) is 21.9 Å². The highest BCUT2D eigenvalue weighted by molar-refractivity contribution is 8.01. The number of halogens is 1. The minimum absolute atomic E-state index is 0.112. The maximum Gasteiger partial charge on any atom is 0.234 e. The van der Waals surface area contributed by atoms with Crippen LogP contribution in [0.5, 0.6) is 0 Å². The molecule has 0 aliphatic rings. The van der Waals surface area contributed by atoms with Crippen molar-refractivity contribution in [2.45, 2.75) is 25.1 Å². The Labute approximate surface area is 171 Å². The first-order valence-corrected chi connectivity index (χ1v) is 10.5. The molecule has 0 saturated carbocycles. The number of nitrogens with one attached hydrogen (secondary N) is 2. The highest BCUT2D eigenvalue weighted by Gasteiger charge is 2.10. The predicted octanol–water partition coefficient (Wildman–Crippen LogP) is 5.59. The molecular weight excluding hydrogens is 400 g/mol. The second-order valence-electron chi connectivity index (χ2n) is 6.05. The van der Waals surface area contributed by atoms with Gasteiger partial charge in [-0.05, 0) is 55.7 Å². The molecule has 3 rings (SSSR count). The summed E-state index contributed by atoms with van der Waals surface area (Å²) in [6.45, 7) is 6.06. The van der Waals surface area contributed by atoms with Crippen molar-refractivity contribution in [2.75, 3.05) is 16.4 Å². The number of rotatable bonds is 6. The van der Waals surface area contributed by atoms with E-state index in [-0.39, 0.29) is 11.7 Å². The third-order valence-corrected chi connectivity index (χ3v) is 6.41. The molecule has 0 aliphatic carbocycles. The fourth-order valence-electron chi connectivity index (χ4n) is 2.32. The molecule has 2 aromatic carbocycles. The van der Waals surface area contributed by atoms with E-state index in [9.17, 15) is 4.79 Å². The van der Waals surface area contributed by atoms with Crippen LogP contribution >= 0.6 is 34.7 Å². The quantitative estimate of drug-likeness (QED) is 0.510. The van der Waals surface area contributed by atoms with Crippen LogP contribution in [-0.2, 0) is 4.79 Å². The van der Waals surface area contributed by atoms with E-state index in [2.05, 4.69) is 40.7 Å². The lowest BCUT2D eigenvalue weighted by Crippen LogP contribution is -2.13. The number of nitrogens with zero attached hydrogens (tertiary/aromatic N) is 2. The van der Waals surface area contributed by atoms with Crippen LogP contribution in [0.4, 0.5) is 16.5 Å². The summed E-state index contributed by atoms with van der Waals surface area (Å²) in [5.74, 6) is 0.142. The zero-order valence-electron chi connectivity index (χ0n) is 15.2.